The molecule has 0 atom stereocenters. The second-order valence-corrected chi connectivity index (χ2v) is 4.31. The summed E-state index contributed by atoms with van der Waals surface area (Å²) in [7, 11) is 0. The van der Waals surface area contributed by atoms with Crippen LogP contribution in [-0.4, -0.2) is 11.0 Å². The first-order valence-corrected chi connectivity index (χ1v) is 6.55. The van der Waals surface area contributed by atoms with E-state index in [1.165, 1.54) is 21.5 Å². The normalized spacial score (nSPS) is 7.83. The van der Waals surface area contributed by atoms with E-state index in [1.807, 2.05) is 0 Å². The molecule has 0 nitrogen and oxygen atoms in total. The van der Waals surface area contributed by atoms with Crippen molar-refractivity contribution in [3.05, 3.63) is 98.1 Å². The van der Waals surface area contributed by atoms with Gasteiger partial charge in [-0.1, -0.05) is 12.1 Å². The van der Waals surface area contributed by atoms with E-state index in [0.717, 1.165) is 0 Å². The predicted molar refractivity (Wildman–Crippen MR) is 109 cm³/mol. The van der Waals surface area contributed by atoms with Crippen LogP contribution in [0, 0.1) is 6.58 Å². The molecule has 0 saturated carbocycles. The Morgan fingerprint density at radius 3 is 1.29 bits per heavy atom. The zero-order valence-corrected chi connectivity index (χ0v) is 18.3. The number of rotatable bonds is 0. The summed E-state index contributed by atoms with van der Waals surface area (Å²) in [5, 5.41) is 5.32. The van der Waals surface area contributed by atoms with Gasteiger partial charge in [-0.3, -0.25) is 6.58 Å². The Kier molecular flexibility index (Phi) is 18.1. The average Bonchev–Trinajstić information content (AvgIpc) is 3.18. The summed E-state index contributed by atoms with van der Waals surface area (Å²) < 4.78 is 0. The van der Waals surface area contributed by atoms with Gasteiger partial charge in [0.25, 0.3) is 0 Å². The van der Waals surface area contributed by atoms with Gasteiger partial charge in [-0.25, -0.2) is 0 Å². The van der Waals surface area contributed by atoms with Crippen molar-refractivity contribution in [2.24, 2.45) is 0 Å². The van der Waals surface area contributed by atoms with Crippen molar-refractivity contribution in [1.29, 1.82) is 0 Å². The van der Waals surface area contributed by atoms with E-state index in [2.05, 4.69) is 98.1 Å². The molecule has 4 aromatic rings. The third-order valence-electron chi connectivity index (χ3n) is 3.10. The topological polar surface area (TPSA) is 0 Å². The minimum atomic E-state index is 0. The predicted octanol–water partition coefficient (Wildman–Crippen LogP) is 6.18. The molecule has 0 amide bonds. The van der Waals surface area contributed by atoms with E-state index in [4.69, 9.17) is 0 Å². The average molecular weight is 450 g/mol. The molecule has 0 bridgehead atoms. The standard InChI is InChI=1S/2C9H7.C2H3.2ClH.Si.Zr/c2*1-2-5-9-7-3-6-8(9)4-1;1-2;;;;/h2*1-7H;1H,2H2;2*1H;;/q3*-1;;;;+3. The summed E-state index contributed by atoms with van der Waals surface area (Å²) in [6.07, 6.45) is 0. The van der Waals surface area contributed by atoms with Crippen molar-refractivity contribution in [1.82, 2.24) is 0 Å². The Morgan fingerprint density at radius 2 is 0.958 bits per heavy atom. The largest absolute Gasteiger partial charge is 3.00 e. The van der Waals surface area contributed by atoms with Crippen LogP contribution in [0.5, 0.6) is 0 Å². The molecule has 0 N–H and O–H groups in total. The van der Waals surface area contributed by atoms with Gasteiger partial charge in [-0.2, -0.15) is 35.0 Å². The van der Waals surface area contributed by atoms with Crippen molar-refractivity contribution in [3.63, 3.8) is 0 Å². The summed E-state index contributed by atoms with van der Waals surface area (Å²) >= 11 is 0. The summed E-state index contributed by atoms with van der Waals surface area (Å²) in [6.45, 7) is 7.00. The van der Waals surface area contributed by atoms with E-state index in [0.29, 0.717) is 0 Å². The third-order valence-corrected chi connectivity index (χ3v) is 3.10. The number of hydrogen-bond acceptors (Lipinski definition) is 0. The third kappa shape index (κ3) is 7.77. The van der Waals surface area contributed by atoms with Gasteiger partial charge in [-0.15, -0.1) is 84.1 Å². The van der Waals surface area contributed by atoms with Crippen molar-refractivity contribution in [3.8, 4) is 0 Å². The maximum atomic E-state index is 4.25. The molecule has 4 aromatic carbocycles. The summed E-state index contributed by atoms with van der Waals surface area (Å²) in [5.74, 6) is 0. The molecule has 0 aliphatic heterocycles. The molecule has 0 heterocycles. The molecule has 24 heavy (non-hydrogen) atoms. The SMILES string of the molecule is Cl.Cl.[CH-]=C.[Si].[Zr+3].c1ccc2[cH-]ccc2c1.c1ccc2[cH-]ccc2c1. The minimum Gasteiger partial charge on any atom is -0.521 e. The Bertz CT molecular complexity index is 651. The molecule has 5 radical (unpaired) electrons. The number of benzene rings is 2. The zero-order valence-electron chi connectivity index (χ0n) is 13.2. The molecule has 121 valence electrons. The number of fused-ring (bicyclic) bond motifs is 2. The maximum Gasteiger partial charge on any atom is 3.00 e. The van der Waals surface area contributed by atoms with E-state index in [-0.39, 0.29) is 62.0 Å². The van der Waals surface area contributed by atoms with E-state index in [1.54, 1.807) is 0 Å². The van der Waals surface area contributed by atoms with Crippen LogP contribution in [0.1, 0.15) is 0 Å². The Labute approximate surface area is 180 Å². The van der Waals surface area contributed by atoms with Crippen LogP contribution >= 0.6 is 24.8 Å². The van der Waals surface area contributed by atoms with Gasteiger partial charge in [-0.05, 0) is 0 Å². The van der Waals surface area contributed by atoms with Crippen LogP contribution in [0.15, 0.2) is 91.5 Å². The Morgan fingerprint density at radius 1 is 0.625 bits per heavy atom. The van der Waals surface area contributed by atoms with Gasteiger partial charge in [0.05, 0.1) is 0 Å². The van der Waals surface area contributed by atoms with Crippen LogP contribution in [0.25, 0.3) is 21.5 Å². The Hall–Kier alpha value is -0.920. The van der Waals surface area contributed by atoms with Crippen LogP contribution in [0.3, 0.4) is 0 Å². The van der Waals surface area contributed by atoms with Crippen LogP contribution in [0.4, 0.5) is 0 Å². The summed E-state index contributed by atoms with van der Waals surface area (Å²) in [4.78, 5) is 0. The quantitative estimate of drug-likeness (QED) is 0.222. The molecule has 0 aliphatic carbocycles. The van der Waals surface area contributed by atoms with Gasteiger partial charge in [0.15, 0.2) is 0 Å². The molecule has 4 heteroatoms. The maximum absolute atomic E-state index is 4.25. The minimum absolute atomic E-state index is 0. The monoisotopic (exact) mass is 447 g/mol. The van der Waals surface area contributed by atoms with Crippen molar-refractivity contribution in [2.45, 2.75) is 0 Å². The second-order valence-electron chi connectivity index (χ2n) is 4.31. The smallest absolute Gasteiger partial charge is 0.521 e. The summed E-state index contributed by atoms with van der Waals surface area (Å²) in [5.41, 5.74) is 0. The van der Waals surface area contributed by atoms with Gasteiger partial charge in [0.2, 0.25) is 0 Å². The second kappa shape index (κ2) is 15.6. The molecular weight excluding hydrogens is 430 g/mol. The number of hydrogen-bond donors (Lipinski definition) is 0. The Balaban J connectivity index is -0.000000290. The molecule has 0 spiro atoms. The van der Waals surface area contributed by atoms with Gasteiger partial charge in [0.1, 0.15) is 0 Å². The van der Waals surface area contributed by atoms with Gasteiger partial charge >= 0.3 is 26.2 Å². The molecule has 0 aliphatic rings. The fourth-order valence-corrected chi connectivity index (χ4v) is 2.14. The fourth-order valence-electron chi connectivity index (χ4n) is 2.14. The van der Waals surface area contributed by atoms with Gasteiger partial charge in [0, 0.05) is 11.0 Å². The molecule has 0 aromatic heterocycles. The van der Waals surface area contributed by atoms with Crippen LogP contribution in [0.2, 0.25) is 0 Å². The first kappa shape index (κ1) is 27.9. The van der Waals surface area contributed by atoms with E-state index in [9.17, 15) is 0 Å². The first-order chi connectivity index (χ1) is 9.93. The fraction of sp³-hybridized carbons (Fsp3) is 0. The van der Waals surface area contributed by atoms with Crippen molar-refractivity contribution in [2.75, 3.05) is 0 Å². The molecule has 0 fully saturated rings. The van der Waals surface area contributed by atoms with Crippen LogP contribution < -0.4 is 0 Å². The molecule has 0 saturated heterocycles. The molecule has 0 unspecified atom stereocenters. The van der Waals surface area contributed by atoms with E-state index < -0.39 is 0 Å². The van der Waals surface area contributed by atoms with Crippen LogP contribution in [-0.2, 0) is 26.2 Å². The van der Waals surface area contributed by atoms with E-state index >= 15 is 0 Å². The summed E-state index contributed by atoms with van der Waals surface area (Å²) in [6, 6.07) is 29.3. The van der Waals surface area contributed by atoms with Crippen molar-refractivity contribution < 1.29 is 26.2 Å². The number of halogens is 2. The zero-order chi connectivity index (χ0) is 14.2. The first-order valence-electron chi connectivity index (χ1n) is 6.55. The van der Waals surface area contributed by atoms with Crippen molar-refractivity contribution >= 4 is 57.3 Å². The molecule has 4 rings (SSSR count). The molecular formula is C20H19Cl2SiZr. The van der Waals surface area contributed by atoms with Gasteiger partial charge < -0.3 is 6.58 Å².